The summed E-state index contributed by atoms with van der Waals surface area (Å²) in [6, 6.07) is 11.9. The fourth-order valence-electron chi connectivity index (χ4n) is 3.72. The molecular weight excluding hydrogens is 432 g/mol. The molecule has 2 aromatic rings. The summed E-state index contributed by atoms with van der Waals surface area (Å²) in [7, 11) is -2.48. The number of rotatable bonds is 7. The topological polar surface area (TPSA) is 102 Å². The molecule has 1 saturated carbocycles. The fourth-order valence-corrected chi connectivity index (χ4v) is 5.22. The van der Waals surface area contributed by atoms with E-state index in [1.54, 1.807) is 4.90 Å². The molecule has 170 valence electrons. The van der Waals surface area contributed by atoms with Crippen molar-refractivity contribution in [2.75, 3.05) is 13.7 Å². The first-order chi connectivity index (χ1) is 15.3. The van der Waals surface area contributed by atoms with Gasteiger partial charge in [0.1, 0.15) is 10.6 Å². The zero-order chi connectivity index (χ0) is 22.9. The van der Waals surface area contributed by atoms with Crippen LogP contribution in [0.2, 0.25) is 0 Å². The Bertz CT molecular complexity index is 1140. The number of hydrogen-bond acceptors (Lipinski definition) is 6. The van der Waals surface area contributed by atoms with Crippen LogP contribution < -0.4 is 9.46 Å². The number of hydrogen-bond donors (Lipinski definition) is 1. The minimum Gasteiger partial charge on any atom is -0.495 e. The van der Waals surface area contributed by atoms with Crippen molar-refractivity contribution in [2.45, 2.75) is 49.8 Å². The molecule has 0 unspecified atom stereocenters. The van der Waals surface area contributed by atoms with E-state index in [-0.39, 0.29) is 28.2 Å². The molecule has 0 radical (unpaired) electrons. The van der Waals surface area contributed by atoms with Crippen LogP contribution >= 0.6 is 0 Å². The summed E-state index contributed by atoms with van der Waals surface area (Å²) in [6.07, 6.45) is 1.31. The average molecular weight is 459 g/mol. The van der Waals surface area contributed by atoms with Crippen molar-refractivity contribution < 1.29 is 27.5 Å². The number of esters is 1. The summed E-state index contributed by atoms with van der Waals surface area (Å²) in [5.74, 6) is -0.927. The number of ether oxygens (including phenoxy) is 2. The number of carbonyl (C=O) groups is 2. The molecule has 32 heavy (non-hydrogen) atoms. The van der Waals surface area contributed by atoms with E-state index in [1.807, 2.05) is 24.3 Å². The van der Waals surface area contributed by atoms with Crippen molar-refractivity contribution in [1.82, 2.24) is 9.62 Å². The van der Waals surface area contributed by atoms with Gasteiger partial charge >= 0.3 is 5.97 Å². The predicted molar refractivity (Wildman–Crippen MR) is 117 cm³/mol. The van der Waals surface area contributed by atoms with Gasteiger partial charge in [-0.3, -0.25) is 4.79 Å². The number of sulfonamides is 1. The maximum absolute atomic E-state index is 12.9. The van der Waals surface area contributed by atoms with Crippen molar-refractivity contribution in [2.24, 2.45) is 0 Å². The zero-order valence-electron chi connectivity index (χ0n) is 18.0. The predicted octanol–water partition coefficient (Wildman–Crippen LogP) is 2.27. The molecule has 9 heteroatoms. The second-order valence-corrected chi connectivity index (χ2v) is 9.77. The Hall–Kier alpha value is -2.91. The van der Waals surface area contributed by atoms with Crippen LogP contribution in [0.15, 0.2) is 47.4 Å². The van der Waals surface area contributed by atoms with Gasteiger partial charge in [-0.25, -0.2) is 17.9 Å². The van der Waals surface area contributed by atoms with Gasteiger partial charge in [0.25, 0.3) is 5.91 Å². The van der Waals surface area contributed by atoms with Gasteiger partial charge in [0.15, 0.2) is 6.10 Å². The van der Waals surface area contributed by atoms with Crippen LogP contribution in [0.1, 0.15) is 41.3 Å². The Balaban J connectivity index is 1.46. The van der Waals surface area contributed by atoms with E-state index in [1.165, 1.54) is 37.8 Å². The van der Waals surface area contributed by atoms with E-state index in [4.69, 9.17) is 9.47 Å². The largest absolute Gasteiger partial charge is 0.495 e. The van der Waals surface area contributed by atoms with Crippen LogP contribution in [0.5, 0.6) is 5.75 Å². The van der Waals surface area contributed by atoms with Gasteiger partial charge in [0.05, 0.1) is 12.7 Å². The lowest BCUT2D eigenvalue weighted by Gasteiger charge is -2.30. The number of carbonyl (C=O) groups excluding carboxylic acids is 2. The van der Waals surface area contributed by atoms with Gasteiger partial charge in [0.2, 0.25) is 10.0 Å². The van der Waals surface area contributed by atoms with E-state index in [0.717, 1.165) is 24.8 Å². The first kappa shape index (κ1) is 22.3. The smallest absolute Gasteiger partial charge is 0.338 e. The van der Waals surface area contributed by atoms with Gasteiger partial charge in [-0.2, -0.15) is 0 Å². The number of amides is 1. The summed E-state index contributed by atoms with van der Waals surface area (Å²) in [5, 5.41) is 0. The van der Waals surface area contributed by atoms with E-state index in [9.17, 15) is 18.0 Å². The molecule has 1 N–H and O–H groups in total. The summed E-state index contributed by atoms with van der Waals surface area (Å²) < 4.78 is 38.5. The highest BCUT2D eigenvalue weighted by Crippen LogP contribution is 2.29. The van der Waals surface area contributed by atoms with Crippen molar-refractivity contribution in [1.29, 1.82) is 0 Å². The normalized spacial score (nSPS) is 16.8. The highest BCUT2D eigenvalue weighted by atomic mass is 32.2. The lowest BCUT2D eigenvalue weighted by Crippen LogP contribution is -2.42. The third-order valence-corrected chi connectivity index (χ3v) is 7.20. The van der Waals surface area contributed by atoms with Crippen LogP contribution in [0.25, 0.3) is 0 Å². The molecule has 0 bridgehead atoms. The van der Waals surface area contributed by atoms with Gasteiger partial charge in [0, 0.05) is 19.1 Å². The molecule has 0 saturated heterocycles. The second kappa shape index (κ2) is 8.91. The third-order valence-electron chi connectivity index (χ3n) is 5.66. The Morgan fingerprint density at radius 1 is 1.12 bits per heavy atom. The molecule has 2 aromatic carbocycles. The van der Waals surface area contributed by atoms with E-state index in [0.29, 0.717) is 13.1 Å². The van der Waals surface area contributed by atoms with Gasteiger partial charge in [-0.1, -0.05) is 24.3 Å². The number of benzene rings is 2. The highest BCUT2D eigenvalue weighted by molar-refractivity contribution is 7.89. The molecular formula is C23H26N2O6S. The number of nitrogens with one attached hydrogen (secondary N) is 1. The van der Waals surface area contributed by atoms with E-state index >= 15 is 0 Å². The standard InChI is InChI=1S/C23H26N2O6S/c1-15(22(26)25-12-11-16-5-3-4-6-18(16)14-25)31-23(27)17-7-10-20(30-2)21(13-17)32(28,29)24-19-8-9-19/h3-7,10,13,15,19,24H,8-9,11-12,14H2,1-2H3/t15-/m0/s1. The number of methoxy groups -OCH3 is 1. The summed E-state index contributed by atoms with van der Waals surface area (Å²) >= 11 is 0. The SMILES string of the molecule is COc1ccc(C(=O)O[C@@H](C)C(=O)N2CCc3ccccc3C2)cc1S(=O)(=O)NC1CC1. The molecule has 0 aromatic heterocycles. The third kappa shape index (κ3) is 4.78. The maximum Gasteiger partial charge on any atom is 0.338 e. The quantitative estimate of drug-likeness (QED) is 0.639. The molecule has 8 nitrogen and oxygen atoms in total. The monoisotopic (exact) mass is 458 g/mol. The molecule has 1 aliphatic heterocycles. The van der Waals surface area contributed by atoms with Crippen LogP contribution in [-0.4, -0.2) is 51.0 Å². The fraction of sp³-hybridized carbons (Fsp3) is 0.391. The van der Waals surface area contributed by atoms with Gasteiger partial charge in [-0.05, 0) is 55.5 Å². The van der Waals surface area contributed by atoms with Crippen molar-refractivity contribution in [3.05, 3.63) is 59.2 Å². The zero-order valence-corrected chi connectivity index (χ0v) is 18.9. The van der Waals surface area contributed by atoms with E-state index < -0.39 is 22.1 Å². The lowest BCUT2D eigenvalue weighted by atomic mass is 9.99. The highest BCUT2D eigenvalue weighted by Gasteiger charge is 2.31. The Labute approximate surface area is 187 Å². The molecule has 1 amide bonds. The van der Waals surface area contributed by atoms with Crippen molar-refractivity contribution in [3.8, 4) is 5.75 Å². The molecule has 1 aliphatic carbocycles. The first-order valence-electron chi connectivity index (χ1n) is 10.6. The molecule has 1 fully saturated rings. The molecule has 0 spiro atoms. The molecule has 2 aliphatic rings. The Kier molecular flexibility index (Phi) is 6.21. The summed E-state index contributed by atoms with van der Waals surface area (Å²) in [6.45, 7) is 2.54. The van der Waals surface area contributed by atoms with Gasteiger partial charge < -0.3 is 14.4 Å². The van der Waals surface area contributed by atoms with Crippen LogP contribution in [0, 0.1) is 0 Å². The first-order valence-corrected chi connectivity index (χ1v) is 12.0. The lowest BCUT2D eigenvalue weighted by molar-refractivity contribution is -0.140. The number of nitrogens with zero attached hydrogens (tertiary/aromatic N) is 1. The minimum atomic E-state index is -3.84. The summed E-state index contributed by atoms with van der Waals surface area (Å²) in [4.78, 5) is 27.1. The Morgan fingerprint density at radius 2 is 1.84 bits per heavy atom. The van der Waals surface area contributed by atoms with Crippen molar-refractivity contribution in [3.63, 3.8) is 0 Å². The Morgan fingerprint density at radius 3 is 2.53 bits per heavy atom. The molecule has 4 rings (SSSR count). The maximum atomic E-state index is 12.9. The minimum absolute atomic E-state index is 0.0330. The summed E-state index contributed by atoms with van der Waals surface area (Å²) in [5.41, 5.74) is 2.33. The van der Waals surface area contributed by atoms with Crippen LogP contribution in [0.4, 0.5) is 0 Å². The second-order valence-electron chi connectivity index (χ2n) is 8.09. The van der Waals surface area contributed by atoms with Crippen LogP contribution in [-0.2, 0) is 32.5 Å². The number of fused-ring (bicyclic) bond motifs is 1. The van der Waals surface area contributed by atoms with Gasteiger partial charge in [-0.15, -0.1) is 0 Å². The van der Waals surface area contributed by atoms with Crippen LogP contribution in [0.3, 0.4) is 0 Å². The molecule has 1 heterocycles. The van der Waals surface area contributed by atoms with Crippen molar-refractivity contribution >= 4 is 21.9 Å². The average Bonchev–Trinajstić information content (AvgIpc) is 3.61. The van der Waals surface area contributed by atoms with E-state index in [2.05, 4.69) is 4.72 Å². The molecule has 1 atom stereocenters.